The molecule has 0 bridgehead atoms. The molecule has 1 atom stereocenters. The van der Waals surface area contributed by atoms with E-state index in [4.69, 9.17) is 4.43 Å². The normalized spacial score (nSPS) is 16.7. The van der Waals surface area contributed by atoms with E-state index in [-0.39, 0.29) is 24.8 Å². The molecule has 0 spiro atoms. The average Bonchev–Trinajstić information content (AvgIpc) is 2.48. The number of halogens is 2. The molecule has 1 saturated heterocycles. The lowest BCUT2D eigenvalue weighted by atomic mass is 9.95. The quantitative estimate of drug-likeness (QED) is 0.635. The smallest absolute Gasteiger partial charge is 0.242 e. The van der Waals surface area contributed by atoms with Gasteiger partial charge in [-0.1, -0.05) is 26.0 Å². The van der Waals surface area contributed by atoms with Gasteiger partial charge in [0.25, 0.3) is 0 Å². The third-order valence-electron chi connectivity index (χ3n) is 4.30. The minimum atomic E-state index is -1.52. The molecule has 0 unspecified atom stereocenters. The summed E-state index contributed by atoms with van der Waals surface area (Å²) in [4.78, 5) is 2.65. The summed E-state index contributed by atoms with van der Waals surface area (Å²) in [6.07, 6.45) is 2.52. The number of nitrogens with zero attached hydrogens (tertiary/aromatic N) is 1. The van der Waals surface area contributed by atoms with Gasteiger partial charge in [-0.2, -0.15) is 0 Å². The van der Waals surface area contributed by atoms with Gasteiger partial charge in [-0.3, -0.25) is 4.90 Å². The lowest BCUT2D eigenvalue weighted by molar-refractivity contribution is 0.160. The zero-order chi connectivity index (χ0) is 16.9. The molecule has 3 nitrogen and oxygen atoms in total. The zero-order valence-corrected chi connectivity index (χ0v) is 19.0. The van der Waals surface area contributed by atoms with Crippen LogP contribution in [0.15, 0.2) is 24.3 Å². The van der Waals surface area contributed by atoms with Crippen LogP contribution in [0.4, 0.5) is 0 Å². The van der Waals surface area contributed by atoms with Gasteiger partial charge in [-0.05, 0) is 56.1 Å². The van der Waals surface area contributed by atoms with Crippen molar-refractivity contribution < 1.29 is 4.43 Å². The molecular formula is C19H36Cl2N2OSi. The zero-order valence-electron chi connectivity index (χ0n) is 16.4. The maximum absolute atomic E-state index is 6.10. The SMILES string of the molecule is CC(C)CC[C@@H](c1ccc(O[Si](C)(C)C)cc1)N1CCNCC1.Cl.Cl. The summed E-state index contributed by atoms with van der Waals surface area (Å²) in [5.41, 5.74) is 1.44. The van der Waals surface area contributed by atoms with Crippen LogP contribution >= 0.6 is 24.8 Å². The van der Waals surface area contributed by atoms with Crippen molar-refractivity contribution in [1.82, 2.24) is 10.2 Å². The Morgan fingerprint density at radius 1 is 1.00 bits per heavy atom. The first-order valence-corrected chi connectivity index (χ1v) is 12.5. The average molecular weight is 408 g/mol. The monoisotopic (exact) mass is 406 g/mol. The lowest BCUT2D eigenvalue weighted by Gasteiger charge is -2.36. The van der Waals surface area contributed by atoms with Crippen molar-refractivity contribution in [3.63, 3.8) is 0 Å². The molecule has 0 aliphatic carbocycles. The molecule has 1 aromatic rings. The largest absolute Gasteiger partial charge is 0.544 e. The summed E-state index contributed by atoms with van der Waals surface area (Å²) >= 11 is 0. The van der Waals surface area contributed by atoms with Crippen molar-refractivity contribution in [2.75, 3.05) is 26.2 Å². The summed E-state index contributed by atoms with van der Waals surface area (Å²) in [5.74, 6) is 1.78. The molecule has 2 rings (SSSR count). The summed E-state index contributed by atoms with van der Waals surface area (Å²) in [6, 6.07) is 9.43. The van der Waals surface area contributed by atoms with Crippen LogP contribution in [0.25, 0.3) is 0 Å². The van der Waals surface area contributed by atoms with E-state index in [0.29, 0.717) is 6.04 Å². The molecule has 0 radical (unpaired) electrons. The second-order valence-electron chi connectivity index (χ2n) is 8.06. The van der Waals surface area contributed by atoms with Crippen LogP contribution in [0.5, 0.6) is 5.75 Å². The van der Waals surface area contributed by atoms with E-state index < -0.39 is 8.32 Å². The van der Waals surface area contributed by atoms with Crippen molar-refractivity contribution in [3.05, 3.63) is 29.8 Å². The highest BCUT2D eigenvalue weighted by atomic mass is 35.5. The molecule has 25 heavy (non-hydrogen) atoms. The predicted molar refractivity (Wildman–Crippen MR) is 116 cm³/mol. The van der Waals surface area contributed by atoms with Crippen LogP contribution in [0.1, 0.15) is 38.3 Å². The summed E-state index contributed by atoms with van der Waals surface area (Å²) in [7, 11) is -1.52. The Hall–Kier alpha value is -0.263. The number of rotatable bonds is 7. The molecule has 1 aliphatic rings. The number of nitrogens with one attached hydrogen (secondary N) is 1. The van der Waals surface area contributed by atoms with Crippen molar-refractivity contribution in [1.29, 1.82) is 0 Å². The fourth-order valence-electron chi connectivity index (χ4n) is 3.16. The van der Waals surface area contributed by atoms with Crippen LogP contribution in [0.3, 0.4) is 0 Å². The van der Waals surface area contributed by atoms with Gasteiger partial charge in [0.2, 0.25) is 8.32 Å². The molecule has 6 heteroatoms. The predicted octanol–water partition coefficient (Wildman–Crippen LogP) is 5.13. The second-order valence-corrected chi connectivity index (χ2v) is 12.5. The third kappa shape index (κ3) is 8.78. The minimum absolute atomic E-state index is 0. The highest BCUT2D eigenvalue weighted by Crippen LogP contribution is 2.29. The van der Waals surface area contributed by atoms with Gasteiger partial charge >= 0.3 is 0 Å². The minimum Gasteiger partial charge on any atom is -0.544 e. The van der Waals surface area contributed by atoms with Gasteiger partial charge in [-0.15, -0.1) is 24.8 Å². The first kappa shape index (κ1) is 24.7. The van der Waals surface area contributed by atoms with Crippen LogP contribution in [0, 0.1) is 5.92 Å². The number of piperazine rings is 1. The van der Waals surface area contributed by atoms with Crippen LogP contribution < -0.4 is 9.74 Å². The lowest BCUT2D eigenvalue weighted by Crippen LogP contribution is -2.45. The molecule has 1 heterocycles. The topological polar surface area (TPSA) is 24.5 Å². The Labute approximate surface area is 167 Å². The van der Waals surface area contributed by atoms with E-state index in [1.807, 2.05) is 0 Å². The van der Waals surface area contributed by atoms with Gasteiger partial charge in [0.1, 0.15) is 5.75 Å². The first-order chi connectivity index (χ1) is 10.8. The molecule has 0 saturated carbocycles. The van der Waals surface area contributed by atoms with Gasteiger partial charge < -0.3 is 9.74 Å². The maximum atomic E-state index is 6.10. The van der Waals surface area contributed by atoms with Gasteiger partial charge in [0.05, 0.1) is 0 Å². The second kappa shape index (κ2) is 11.5. The Kier molecular flexibility index (Phi) is 11.3. The summed E-state index contributed by atoms with van der Waals surface area (Å²) in [5, 5.41) is 3.46. The van der Waals surface area contributed by atoms with E-state index in [0.717, 1.165) is 37.8 Å². The standard InChI is InChI=1S/C19H34N2OSi.2ClH/c1-16(2)6-11-19(21-14-12-20-13-15-21)17-7-9-18(10-8-17)22-23(3,4)5;;/h7-10,16,19-20H,6,11-15H2,1-5H3;2*1H/t19-;;/m0../s1. The molecule has 1 aromatic carbocycles. The molecule has 1 aliphatic heterocycles. The number of hydrogen-bond acceptors (Lipinski definition) is 3. The van der Waals surface area contributed by atoms with Crippen LogP contribution in [-0.2, 0) is 0 Å². The third-order valence-corrected chi connectivity index (χ3v) is 5.15. The Bertz CT molecular complexity index is 471. The van der Waals surface area contributed by atoms with E-state index >= 15 is 0 Å². The van der Waals surface area contributed by atoms with Crippen LogP contribution in [-0.4, -0.2) is 39.4 Å². The van der Waals surface area contributed by atoms with E-state index in [9.17, 15) is 0 Å². The number of benzene rings is 1. The van der Waals surface area contributed by atoms with Crippen molar-refractivity contribution in [2.24, 2.45) is 5.92 Å². The Morgan fingerprint density at radius 3 is 2.04 bits per heavy atom. The fraction of sp³-hybridized carbons (Fsp3) is 0.684. The van der Waals surface area contributed by atoms with E-state index in [2.05, 4.69) is 68.0 Å². The molecule has 146 valence electrons. The summed E-state index contributed by atoms with van der Waals surface area (Å²) in [6.45, 7) is 15.8. The molecule has 0 amide bonds. The maximum Gasteiger partial charge on any atom is 0.242 e. The number of hydrogen-bond donors (Lipinski definition) is 1. The van der Waals surface area contributed by atoms with Gasteiger partial charge in [0.15, 0.2) is 0 Å². The molecular weight excluding hydrogens is 371 g/mol. The van der Waals surface area contributed by atoms with Crippen molar-refractivity contribution in [3.8, 4) is 5.75 Å². The van der Waals surface area contributed by atoms with Gasteiger partial charge in [-0.25, -0.2) is 0 Å². The Balaban J connectivity index is 0.00000288. The Morgan fingerprint density at radius 2 is 1.56 bits per heavy atom. The van der Waals surface area contributed by atoms with Crippen molar-refractivity contribution in [2.45, 2.75) is 52.4 Å². The summed E-state index contributed by atoms with van der Waals surface area (Å²) < 4.78 is 6.10. The van der Waals surface area contributed by atoms with Crippen LogP contribution in [0.2, 0.25) is 19.6 Å². The first-order valence-electron chi connectivity index (χ1n) is 9.09. The van der Waals surface area contributed by atoms with E-state index in [1.165, 1.54) is 18.4 Å². The highest BCUT2D eigenvalue weighted by Gasteiger charge is 2.23. The molecule has 0 aromatic heterocycles. The molecule has 1 N–H and O–H groups in total. The molecule has 1 fully saturated rings. The van der Waals surface area contributed by atoms with Crippen molar-refractivity contribution >= 4 is 33.1 Å². The fourth-order valence-corrected chi connectivity index (χ4v) is 4.00. The van der Waals surface area contributed by atoms with Gasteiger partial charge in [0, 0.05) is 32.2 Å². The highest BCUT2D eigenvalue weighted by molar-refractivity contribution is 6.70. The van der Waals surface area contributed by atoms with E-state index in [1.54, 1.807) is 0 Å².